The summed E-state index contributed by atoms with van der Waals surface area (Å²) >= 11 is 0. The van der Waals surface area contributed by atoms with E-state index in [9.17, 15) is 37.5 Å². The highest BCUT2D eigenvalue weighted by atomic mass is 32.2. The second-order valence-corrected chi connectivity index (χ2v) is 15.1. The van der Waals surface area contributed by atoms with E-state index in [0.717, 1.165) is 37.6 Å². The van der Waals surface area contributed by atoms with Gasteiger partial charge in [0.1, 0.15) is 18.2 Å². The lowest BCUT2D eigenvalue weighted by Gasteiger charge is -2.43. The number of carbonyl (C=O) groups excluding carboxylic acids is 4. The van der Waals surface area contributed by atoms with Crippen LogP contribution in [0.25, 0.3) is 0 Å². The maximum absolute atomic E-state index is 12.4. The second kappa shape index (κ2) is 17.8. The van der Waals surface area contributed by atoms with Crippen LogP contribution >= 0.6 is 0 Å². The number of rotatable bonds is 17. The van der Waals surface area contributed by atoms with Gasteiger partial charge in [-0.1, -0.05) is 38.1 Å². The van der Waals surface area contributed by atoms with Crippen LogP contribution in [0.5, 0.6) is 5.88 Å². The second-order valence-electron chi connectivity index (χ2n) is 13.2. The minimum absolute atomic E-state index is 0.0452. The third-order valence-corrected chi connectivity index (χ3v) is 9.49. The van der Waals surface area contributed by atoms with Gasteiger partial charge in [0.2, 0.25) is 28.3 Å². The molecule has 0 amide bonds. The molecule has 2 heterocycles. The summed E-state index contributed by atoms with van der Waals surface area (Å²) in [5.74, 6) is -4.47. The fourth-order valence-electron chi connectivity index (χ4n) is 5.48. The van der Waals surface area contributed by atoms with Gasteiger partial charge in [0.05, 0.1) is 5.75 Å². The number of ether oxygens (including phenoxy) is 6. The summed E-state index contributed by atoms with van der Waals surface area (Å²) in [7, 11) is -3.83. The van der Waals surface area contributed by atoms with Crippen molar-refractivity contribution in [2.75, 3.05) is 12.4 Å². The lowest BCUT2D eigenvalue weighted by atomic mass is 9.97. The fraction of sp³-hybridized carbons (Fsp3) is 0.588. The van der Waals surface area contributed by atoms with Gasteiger partial charge in [-0.15, -0.1) is 5.10 Å². The normalized spacial score (nSPS) is 20.5. The molecule has 1 aliphatic heterocycles. The Balaban J connectivity index is 1.87. The Hall–Kier alpha value is -4.55. The highest BCUT2D eigenvalue weighted by Gasteiger charge is 2.53. The van der Waals surface area contributed by atoms with Gasteiger partial charge in [-0.3, -0.25) is 29.1 Å². The third-order valence-electron chi connectivity index (χ3n) is 7.84. The molecule has 5 atom stereocenters. The van der Waals surface area contributed by atoms with Gasteiger partial charge >= 0.3 is 29.8 Å². The molecule has 1 saturated heterocycles. The first-order valence-corrected chi connectivity index (χ1v) is 18.2. The van der Waals surface area contributed by atoms with Crippen LogP contribution in [-0.2, 0) is 70.5 Å². The zero-order valence-electron chi connectivity index (χ0n) is 30.4. The number of carbonyl (C=O) groups is 5. The molecule has 1 fully saturated rings. The fourth-order valence-corrected chi connectivity index (χ4v) is 6.97. The van der Waals surface area contributed by atoms with E-state index in [-0.39, 0.29) is 24.0 Å². The van der Waals surface area contributed by atoms with E-state index in [1.165, 1.54) is 20.8 Å². The molecule has 1 aromatic carbocycles. The molecular weight excluding hydrogens is 706 g/mol. The molecule has 0 radical (unpaired) electrons. The van der Waals surface area contributed by atoms with Gasteiger partial charge in [-0.2, -0.15) is 4.72 Å². The number of hydrogen-bond acceptors (Lipinski definition) is 14. The molecule has 3 N–H and O–H groups in total. The number of hydrogen-bond donors (Lipinski definition) is 3. The first-order chi connectivity index (χ1) is 24.2. The molecule has 0 aliphatic carbocycles. The highest BCUT2D eigenvalue weighted by Crippen LogP contribution is 2.34. The number of sulfonamides is 1. The van der Waals surface area contributed by atoms with E-state index in [4.69, 9.17) is 28.4 Å². The number of H-pyrrole nitrogens is 1. The van der Waals surface area contributed by atoms with Crippen molar-refractivity contribution in [3.63, 3.8) is 0 Å². The van der Waals surface area contributed by atoms with Crippen LogP contribution in [0, 0.1) is 0 Å². The molecule has 3 rings (SSSR count). The van der Waals surface area contributed by atoms with Gasteiger partial charge in [-0.25, -0.2) is 8.42 Å². The smallest absolute Gasteiger partial charge is 0.324 e. The molecule has 17 nitrogen and oxygen atoms in total. The maximum atomic E-state index is 12.4. The molecule has 1 aliphatic rings. The van der Waals surface area contributed by atoms with Crippen molar-refractivity contribution < 1.29 is 65.9 Å². The number of nitrogens with zero attached hydrogens (tertiary/aromatic N) is 1. The summed E-state index contributed by atoms with van der Waals surface area (Å²) in [6, 6.07) is 7.44. The Morgan fingerprint density at radius 1 is 0.904 bits per heavy atom. The molecule has 2 aromatic rings. The predicted octanol–water partition coefficient (Wildman–Crippen LogP) is 2.30. The Kier molecular flexibility index (Phi) is 14.3. The Labute approximate surface area is 302 Å². The van der Waals surface area contributed by atoms with Crippen molar-refractivity contribution in [3.8, 4) is 5.88 Å². The van der Waals surface area contributed by atoms with Gasteiger partial charge in [0, 0.05) is 45.4 Å². The number of nitrogens with one attached hydrogen (secondary N) is 2. The van der Waals surface area contributed by atoms with E-state index < -0.39 is 82.7 Å². The van der Waals surface area contributed by atoms with Gasteiger partial charge in [-0.05, 0) is 43.7 Å². The first kappa shape index (κ1) is 41.9. The first-order valence-electron chi connectivity index (χ1n) is 16.6. The van der Waals surface area contributed by atoms with Crippen molar-refractivity contribution in [2.45, 2.75) is 117 Å². The third kappa shape index (κ3) is 12.0. The zero-order chi connectivity index (χ0) is 39.0. The van der Waals surface area contributed by atoms with Crippen molar-refractivity contribution in [1.82, 2.24) is 14.9 Å². The van der Waals surface area contributed by atoms with Crippen LogP contribution in [0.4, 0.5) is 0 Å². The summed E-state index contributed by atoms with van der Waals surface area (Å²) in [5, 5.41) is 16.6. The molecule has 18 heteroatoms. The van der Waals surface area contributed by atoms with Crippen molar-refractivity contribution in [1.29, 1.82) is 0 Å². The lowest BCUT2D eigenvalue weighted by Crippen LogP contribution is -2.63. The number of aromatic amines is 1. The van der Waals surface area contributed by atoms with Gasteiger partial charge < -0.3 is 33.5 Å². The molecule has 0 saturated carbocycles. The molecule has 52 heavy (non-hydrogen) atoms. The standard InChI is InChI=1S/C34H47N3O14S/c1-18(2)27-25(16-24-13-11-23(12-14-24)10-9-15-52(44,45)37-34(7,8)33(42)43)31(36-35-27)51-32-30(49-22(6)41)29(48-21(5)40)28(47-20(4)39)26(50-32)17-46-19(3)38/h11-14,18,26,28-30,32,37H,9-10,15-17H2,1-8H3,(H,35,36)(H,42,43)/t26-,28-,29+,30-,32+/m1/s1. The monoisotopic (exact) mass is 753 g/mol. The molecule has 0 spiro atoms. The van der Waals surface area contributed by atoms with Crippen LogP contribution in [0.1, 0.15) is 90.1 Å². The van der Waals surface area contributed by atoms with Crippen molar-refractivity contribution in [3.05, 3.63) is 46.6 Å². The number of aromatic nitrogens is 2. The SMILES string of the molecule is CC(=O)OC[C@H]1O[C@@H](Oc2n[nH]c(C(C)C)c2Cc2ccc(CCCS(=O)(=O)NC(C)(C)C(=O)O)cc2)[C@H](OC(C)=O)[C@@H](OC(C)=O)[C@@H]1OC(C)=O. The topological polar surface area (TPSA) is 236 Å². The predicted molar refractivity (Wildman–Crippen MR) is 181 cm³/mol. The number of benzene rings is 1. The van der Waals surface area contributed by atoms with Crippen LogP contribution in [0.2, 0.25) is 0 Å². The minimum Gasteiger partial charge on any atom is -0.480 e. The quantitative estimate of drug-likeness (QED) is 0.155. The van der Waals surface area contributed by atoms with E-state index in [1.807, 2.05) is 38.1 Å². The number of aryl methyl sites for hydroxylation is 1. The van der Waals surface area contributed by atoms with E-state index in [0.29, 0.717) is 18.4 Å². The number of carboxylic acids is 1. The van der Waals surface area contributed by atoms with Crippen molar-refractivity contribution >= 4 is 39.9 Å². The summed E-state index contributed by atoms with van der Waals surface area (Å²) in [6.45, 7) is 10.6. The number of esters is 4. The van der Waals surface area contributed by atoms with Gasteiger partial charge in [0.15, 0.2) is 12.2 Å². The zero-order valence-corrected chi connectivity index (χ0v) is 31.2. The minimum atomic E-state index is -3.83. The number of aliphatic carboxylic acids is 1. The van der Waals surface area contributed by atoms with Gasteiger partial charge in [0.25, 0.3) is 0 Å². The molecule has 0 unspecified atom stereocenters. The molecular formula is C34H47N3O14S. The Morgan fingerprint density at radius 2 is 1.46 bits per heavy atom. The molecule has 0 bridgehead atoms. The summed E-state index contributed by atoms with van der Waals surface area (Å²) < 4.78 is 61.0. The van der Waals surface area contributed by atoms with Crippen LogP contribution in [0.3, 0.4) is 0 Å². The van der Waals surface area contributed by atoms with E-state index >= 15 is 0 Å². The van der Waals surface area contributed by atoms with Crippen molar-refractivity contribution in [2.24, 2.45) is 0 Å². The van der Waals surface area contributed by atoms with Crippen LogP contribution < -0.4 is 9.46 Å². The molecule has 288 valence electrons. The van der Waals surface area contributed by atoms with Crippen LogP contribution in [-0.4, -0.2) is 102 Å². The average Bonchev–Trinajstić information content (AvgIpc) is 3.40. The maximum Gasteiger partial charge on any atom is 0.324 e. The van der Waals surface area contributed by atoms with Crippen LogP contribution in [0.15, 0.2) is 24.3 Å². The summed E-state index contributed by atoms with van der Waals surface area (Å²) in [6.07, 6.45) is -5.89. The lowest BCUT2D eigenvalue weighted by molar-refractivity contribution is -0.289. The number of carboxylic acid groups (broad SMARTS) is 1. The molecule has 1 aromatic heterocycles. The Morgan fingerprint density at radius 3 is 2.00 bits per heavy atom. The summed E-state index contributed by atoms with van der Waals surface area (Å²) in [4.78, 5) is 59.5. The summed E-state index contributed by atoms with van der Waals surface area (Å²) in [5.41, 5.74) is 1.44. The largest absolute Gasteiger partial charge is 0.480 e. The van der Waals surface area contributed by atoms with E-state index in [1.54, 1.807) is 0 Å². The Bertz CT molecular complexity index is 1700. The highest BCUT2D eigenvalue weighted by molar-refractivity contribution is 7.89. The average molecular weight is 754 g/mol. The van der Waals surface area contributed by atoms with E-state index in [2.05, 4.69) is 14.9 Å².